The second-order valence-electron chi connectivity index (χ2n) is 4.04. The van der Waals surface area contributed by atoms with E-state index in [0.717, 1.165) is 5.56 Å². The van der Waals surface area contributed by atoms with E-state index < -0.39 is 5.82 Å². The van der Waals surface area contributed by atoms with Crippen molar-refractivity contribution in [3.63, 3.8) is 0 Å². The minimum atomic E-state index is -0.447. The smallest absolute Gasteiger partial charge is 0.266 e. The number of benzene rings is 1. The molecule has 0 spiro atoms. The highest BCUT2D eigenvalue weighted by Gasteiger charge is 2.12. The lowest BCUT2D eigenvalue weighted by atomic mass is 10.1. The van der Waals surface area contributed by atoms with Crippen LogP contribution < -0.4 is 5.32 Å². The van der Waals surface area contributed by atoms with Gasteiger partial charge in [0.1, 0.15) is 12.4 Å². The molecule has 0 aliphatic heterocycles. The topological polar surface area (TPSA) is 49.3 Å². The van der Waals surface area contributed by atoms with Crippen LogP contribution >= 0.6 is 11.3 Å². The number of rotatable bonds is 2. The van der Waals surface area contributed by atoms with Crippen molar-refractivity contribution in [1.29, 1.82) is 0 Å². The summed E-state index contributed by atoms with van der Waals surface area (Å²) in [5.41, 5.74) is 1.64. The standard InChI is InChI=1S/C15H12FNO2S/c1-10-6-8-20-14(10)15(19)17-13-5-4-12(16)9-11(13)3-2-7-18/h4-6,8-9,18H,7H2,1H3,(H,17,19). The largest absolute Gasteiger partial charge is 0.384 e. The summed E-state index contributed by atoms with van der Waals surface area (Å²) in [5, 5.41) is 13.2. The molecule has 0 fully saturated rings. The Morgan fingerprint density at radius 1 is 1.45 bits per heavy atom. The molecule has 1 heterocycles. The average molecular weight is 289 g/mol. The molecule has 1 aromatic carbocycles. The third-order valence-corrected chi connectivity index (χ3v) is 3.62. The van der Waals surface area contributed by atoms with Crippen LogP contribution in [0.2, 0.25) is 0 Å². The van der Waals surface area contributed by atoms with Gasteiger partial charge in [0, 0.05) is 0 Å². The Balaban J connectivity index is 2.29. The number of aliphatic hydroxyl groups excluding tert-OH is 1. The highest BCUT2D eigenvalue weighted by Crippen LogP contribution is 2.20. The van der Waals surface area contributed by atoms with Crippen LogP contribution in [0.4, 0.5) is 10.1 Å². The summed E-state index contributed by atoms with van der Waals surface area (Å²) in [5.74, 6) is 4.36. The second-order valence-corrected chi connectivity index (χ2v) is 4.95. The molecule has 0 atom stereocenters. The Kier molecular flexibility index (Phi) is 4.51. The molecule has 5 heteroatoms. The fourth-order valence-corrected chi connectivity index (χ4v) is 2.47. The summed E-state index contributed by atoms with van der Waals surface area (Å²) in [6, 6.07) is 5.79. The van der Waals surface area contributed by atoms with Gasteiger partial charge in [-0.1, -0.05) is 11.8 Å². The van der Waals surface area contributed by atoms with Crippen LogP contribution in [0.1, 0.15) is 20.8 Å². The van der Waals surface area contributed by atoms with E-state index in [-0.39, 0.29) is 12.5 Å². The lowest BCUT2D eigenvalue weighted by Gasteiger charge is -2.07. The van der Waals surface area contributed by atoms with E-state index in [1.807, 2.05) is 18.4 Å². The van der Waals surface area contributed by atoms with E-state index >= 15 is 0 Å². The van der Waals surface area contributed by atoms with Gasteiger partial charge in [-0.2, -0.15) is 0 Å². The molecule has 0 aliphatic rings. The number of amides is 1. The predicted molar refractivity (Wildman–Crippen MR) is 77.4 cm³/mol. The Hall–Kier alpha value is -2.16. The monoisotopic (exact) mass is 289 g/mol. The number of carbonyl (C=O) groups excluding carboxylic acids is 1. The second kappa shape index (κ2) is 6.33. The quantitative estimate of drug-likeness (QED) is 0.835. The van der Waals surface area contributed by atoms with E-state index in [1.165, 1.54) is 29.5 Å². The number of anilines is 1. The fourth-order valence-electron chi connectivity index (χ4n) is 1.65. The van der Waals surface area contributed by atoms with Crippen LogP contribution in [0.3, 0.4) is 0 Å². The molecule has 102 valence electrons. The van der Waals surface area contributed by atoms with Crippen LogP contribution in [0.15, 0.2) is 29.6 Å². The maximum Gasteiger partial charge on any atom is 0.266 e. The van der Waals surface area contributed by atoms with Crippen molar-refractivity contribution >= 4 is 22.9 Å². The number of thiophene rings is 1. The molecular weight excluding hydrogens is 277 g/mol. The number of carbonyl (C=O) groups is 1. The van der Waals surface area contributed by atoms with Gasteiger partial charge in [-0.05, 0) is 42.1 Å². The summed E-state index contributed by atoms with van der Waals surface area (Å²) < 4.78 is 13.2. The lowest BCUT2D eigenvalue weighted by Crippen LogP contribution is -2.12. The molecule has 20 heavy (non-hydrogen) atoms. The Morgan fingerprint density at radius 2 is 2.25 bits per heavy atom. The lowest BCUT2D eigenvalue weighted by molar-refractivity contribution is 0.103. The van der Waals surface area contributed by atoms with Gasteiger partial charge < -0.3 is 10.4 Å². The van der Waals surface area contributed by atoms with Gasteiger partial charge in [-0.15, -0.1) is 11.3 Å². The predicted octanol–water partition coefficient (Wildman–Crippen LogP) is 2.79. The van der Waals surface area contributed by atoms with E-state index in [4.69, 9.17) is 5.11 Å². The minimum Gasteiger partial charge on any atom is -0.384 e. The summed E-state index contributed by atoms with van der Waals surface area (Å²) in [4.78, 5) is 12.7. The van der Waals surface area contributed by atoms with Crippen molar-refractivity contribution < 1.29 is 14.3 Å². The zero-order chi connectivity index (χ0) is 14.5. The first-order chi connectivity index (χ1) is 9.61. The van der Waals surface area contributed by atoms with Crippen molar-refractivity contribution in [2.45, 2.75) is 6.92 Å². The zero-order valence-corrected chi connectivity index (χ0v) is 11.6. The van der Waals surface area contributed by atoms with Crippen LogP contribution in [-0.4, -0.2) is 17.6 Å². The van der Waals surface area contributed by atoms with Crippen LogP contribution in [-0.2, 0) is 0 Å². The Bertz CT molecular complexity index is 697. The van der Waals surface area contributed by atoms with E-state index in [0.29, 0.717) is 16.1 Å². The molecule has 2 N–H and O–H groups in total. The molecule has 1 amide bonds. The van der Waals surface area contributed by atoms with Gasteiger partial charge in [-0.25, -0.2) is 4.39 Å². The maximum absolute atomic E-state index is 13.2. The molecule has 0 saturated carbocycles. The number of aliphatic hydroxyl groups is 1. The minimum absolute atomic E-state index is 0.254. The first-order valence-electron chi connectivity index (χ1n) is 5.86. The highest BCUT2D eigenvalue weighted by molar-refractivity contribution is 7.12. The van der Waals surface area contributed by atoms with Crippen LogP contribution in [0.5, 0.6) is 0 Å². The molecule has 0 unspecified atom stereocenters. The summed E-state index contributed by atoms with van der Waals surface area (Å²) >= 11 is 1.34. The normalized spacial score (nSPS) is 9.75. The maximum atomic E-state index is 13.2. The van der Waals surface area contributed by atoms with Crippen molar-refractivity contribution in [3.8, 4) is 11.8 Å². The Morgan fingerprint density at radius 3 is 2.90 bits per heavy atom. The van der Waals surface area contributed by atoms with Gasteiger partial charge in [0.05, 0.1) is 16.1 Å². The van der Waals surface area contributed by atoms with E-state index in [1.54, 1.807) is 0 Å². The third kappa shape index (κ3) is 3.23. The van der Waals surface area contributed by atoms with Crippen molar-refractivity contribution in [2.75, 3.05) is 11.9 Å². The summed E-state index contributed by atoms with van der Waals surface area (Å²) in [7, 11) is 0. The third-order valence-electron chi connectivity index (χ3n) is 2.60. The van der Waals surface area contributed by atoms with Gasteiger partial charge in [0.25, 0.3) is 5.91 Å². The highest BCUT2D eigenvalue weighted by atomic mass is 32.1. The molecule has 0 saturated heterocycles. The summed E-state index contributed by atoms with van der Waals surface area (Å²) in [6.07, 6.45) is 0. The number of halogens is 1. The summed E-state index contributed by atoms with van der Waals surface area (Å²) in [6.45, 7) is 1.52. The van der Waals surface area contributed by atoms with Gasteiger partial charge >= 0.3 is 0 Å². The molecule has 0 aliphatic carbocycles. The van der Waals surface area contributed by atoms with Crippen molar-refractivity contribution in [2.24, 2.45) is 0 Å². The molecule has 2 rings (SSSR count). The molecule has 3 nitrogen and oxygen atoms in total. The first kappa shape index (κ1) is 14.3. The fraction of sp³-hybridized carbons (Fsp3) is 0.133. The number of hydrogen-bond acceptors (Lipinski definition) is 3. The molecule has 2 aromatic rings. The molecule has 1 aromatic heterocycles. The average Bonchev–Trinajstić information content (AvgIpc) is 2.85. The molecular formula is C15H12FNO2S. The van der Waals surface area contributed by atoms with Crippen LogP contribution in [0, 0.1) is 24.6 Å². The van der Waals surface area contributed by atoms with E-state index in [9.17, 15) is 9.18 Å². The molecule has 0 bridgehead atoms. The number of hydrogen-bond donors (Lipinski definition) is 2. The Labute approximate surface area is 120 Å². The van der Waals surface area contributed by atoms with Crippen molar-refractivity contribution in [1.82, 2.24) is 0 Å². The first-order valence-corrected chi connectivity index (χ1v) is 6.74. The number of nitrogens with one attached hydrogen (secondary N) is 1. The van der Waals surface area contributed by atoms with Gasteiger partial charge in [0.15, 0.2) is 0 Å². The zero-order valence-electron chi connectivity index (χ0n) is 10.7. The van der Waals surface area contributed by atoms with Gasteiger partial charge in [-0.3, -0.25) is 4.79 Å². The van der Waals surface area contributed by atoms with Gasteiger partial charge in [0.2, 0.25) is 0 Å². The number of aryl methyl sites for hydroxylation is 1. The van der Waals surface area contributed by atoms with Crippen molar-refractivity contribution in [3.05, 3.63) is 51.5 Å². The SMILES string of the molecule is Cc1ccsc1C(=O)Nc1ccc(F)cc1C#CCO. The van der Waals surface area contributed by atoms with E-state index in [2.05, 4.69) is 17.2 Å². The molecule has 0 radical (unpaired) electrons. The van der Waals surface area contributed by atoms with Crippen LogP contribution in [0.25, 0.3) is 0 Å².